The maximum atomic E-state index is 11.9. The zero-order valence-electron chi connectivity index (χ0n) is 11.5. The Morgan fingerprint density at radius 1 is 1.48 bits per heavy atom. The van der Waals surface area contributed by atoms with Crippen LogP contribution in [0.5, 0.6) is 5.75 Å². The molecule has 116 valence electrons. The molecule has 8 heteroatoms. The van der Waals surface area contributed by atoms with Gasteiger partial charge in [0.05, 0.1) is 0 Å². The van der Waals surface area contributed by atoms with E-state index in [1.54, 1.807) is 19.9 Å². The van der Waals surface area contributed by atoms with E-state index < -0.39 is 15.2 Å². The molecule has 1 aliphatic rings. The third-order valence-electron chi connectivity index (χ3n) is 3.06. The summed E-state index contributed by atoms with van der Waals surface area (Å²) in [5.41, 5.74) is 0.578. The Kier molecular flexibility index (Phi) is 4.85. The van der Waals surface area contributed by atoms with Crippen molar-refractivity contribution in [1.29, 1.82) is 0 Å². The normalized spacial score (nSPS) is 16.4. The number of carbonyl (C=O) groups is 1. The van der Waals surface area contributed by atoms with Crippen LogP contribution in [-0.4, -0.2) is 26.5 Å². The van der Waals surface area contributed by atoms with Gasteiger partial charge in [0.1, 0.15) is 10.6 Å². The Labute approximate surface area is 136 Å². The van der Waals surface area contributed by atoms with E-state index in [0.717, 1.165) is 12.8 Å². The number of ether oxygens (including phenoxy) is 1. The highest BCUT2D eigenvalue weighted by Crippen LogP contribution is 2.34. The number of hydrogen-bond donors (Lipinski definition) is 1. The molecule has 21 heavy (non-hydrogen) atoms. The lowest BCUT2D eigenvalue weighted by Gasteiger charge is -2.18. The van der Waals surface area contributed by atoms with E-state index in [1.165, 1.54) is 6.07 Å². The zero-order chi connectivity index (χ0) is 15.8. The second-order valence-corrected chi connectivity index (χ2v) is 8.48. The molecule has 0 heterocycles. The molecule has 1 N–H and O–H groups in total. The number of carbonyl (C=O) groups excluding carboxylic acids is 1. The fourth-order valence-corrected chi connectivity index (χ4v) is 3.57. The van der Waals surface area contributed by atoms with Gasteiger partial charge in [-0.2, -0.15) is 0 Å². The lowest BCUT2D eigenvalue weighted by molar-refractivity contribution is -0.127. The van der Waals surface area contributed by atoms with Crippen LogP contribution in [0.4, 0.5) is 0 Å². The smallest absolute Gasteiger partial charge is 0.265 e. The Morgan fingerprint density at radius 3 is 2.62 bits per heavy atom. The van der Waals surface area contributed by atoms with Gasteiger partial charge in [0.2, 0.25) is 0 Å². The molecule has 5 nitrogen and oxygen atoms in total. The van der Waals surface area contributed by atoms with Gasteiger partial charge in [0.15, 0.2) is 6.10 Å². The third kappa shape index (κ3) is 4.34. The van der Waals surface area contributed by atoms with Gasteiger partial charge in [0.25, 0.3) is 15.0 Å². The van der Waals surface area contributed by atoms with E-state index in [4.69, 9.17) is 15.4 Å². The molecular weight excluding hydrogens is 382 g/mol. The SMILES string of the molecule is Cc1cc(Br)cc(S(=O)(=O)Cl)c1OC(C)C(=O)NC1CC1. The number of nitrogens with one attached hydrogen (secondary N) is 1. The highest BCUT2D eigenvalue weighted by Gasteiger charge is 2.28. The predicted molar refractivity (Wildman–Crippen MR) is 83.2 cm³/mol. The van der Waals surface area contributed by atoms with Crippen LogP contribution in [0.25, 0.3) is 0 Å². The summed E-state index contributed by atoms with van der Waals surface area (Å²) in [6.07, 6.45) is 1.14. The van der Waals surface area contributed by atoms with Crippen molar-refractivity contribution in [2.75, 3.05) is 0 Å². The zero-order valence-corrected chi connectivity index (χ0v) is 14.7. The summed E-state index contributed by atoms with van der Waals surface area (Å²) in [4.78, 5) is 11.8. The number of aryl methyl sites for hydroxylation is 1. The van der Waals surface area contributed by atoms with Gasteiger partial charge in [-0.25, -0.2) is 8.42 Å². The summed E-state index contributed by atoms with van der Waals surface area (Å²) in [6, 6.07) is 3.27. The molecule has 0 spiro atoms. The Hall–Kier alpha value is -0.790. The quantitative estimate of drug-likeness (QED) is 0.777. The first-order chi connectivity index (χ1) is 9.68. The molecule has 0 saturated heterocycles. The minimum atomic E-state index is -3.97. The van der Waals surface area contributed by atoms with Crippen LogP contribution in [-0.2, 0) is 13.8 Å². The van der Waals surface area contributed by atoms with Crippen molar-refractivity contribution < 1.29 is 17.9 Å². The predicted octanol–water partition coefficient (Wildman–Crippen LogP) is 2.73. The molecule has 0 radical (unpaired) electrons. The molecule has 0 aromatic heterocycles. The molecule has 1 aromatic carbocycles. The van der Waals surface area contributed by atoms with E-state index in [-0.39, 0.29) is 22.6 Å². The fourth-order valence-electron chi connectivity index (χ4n) is 1.81. The summed E-state index contributed by atoms with van der Waals surface area (Å²) < 4.78 is 29.4. The first-order valence-electron chi connectivity index (χ1n) is 6.40. The van der Waals surface area contributed by atoms with E-state index in [1.807, 2.05) is 0 Å². The molecule has 1 amide bonds. The molecule has 1 aliphatic carbocycles. The number of halogens is 2. The van der Waals surface area contributed by atoms with Gasteiger partial charge in [-0.15, -0.1) is 0 Å². The van der Waals surface area contributed by atoms with Crippen molar-refractivity contribution in [2.45, 2.75) is 43.7 Å². The third-order valence-corrected chi connectivity index (χ3v) is 4.84. The van der Waals surface area contributed by atoms with E-state index >= 15 is 0 Å². The average Bonchev–Trinajstić information content (AvgIpc) is 3.14. The van der Waals surface area contributed by atoms with Crippen LogP contribution in [0.1, 0.15) is 25.3 Å². The number of benzene rings is 1. The summed E-state index contributed by atoms with van der Waals surface area (Å²) >= 11 is 3.22. The van der Waals surface area contributed by atoms with Gasteiger partial charge in [-0.3, -0.25) is 4.79 Å². The summed E-state index contributed by atoms with van der Waals surface area (Å²) in [5.74, 6) is -0.163. The van der Waals surface area contributed by atoms with Crippen molar-refractivity contribution in [3.05, 3.63) is 22.2 Å². The van der Waals surface area contributed by atoms with Gasteiger partial charge >= 0.3 is 0 Å². The highest BCUT2D eigenvalue weighted by molar-refractivity contribution is 9.10. The summed E-state index contributed by atoms with van der Waals surface area (Å²) in [5, 5.41) is 2.81. The molecule has 1 unspecified atom stereocenters. The van der Waals surface area contributed by atoms with Crippen LogP contribution >= 0.6 is 26.6 Å². The van der Waals surface area contributed by atoms with Crippen molar-refractivity contribution in [3.8, 4) is 5.75 Å². The molecular formula is C13H15BrClNO4S. The first-order valence-corrected chi connectivity index (χ1v) is 9.50. The van der Waals surface area contributed by atoms with E-state index in [2.05, 4.69) is 21.2 Å². The fraction of sp³-hybridized carbons (Fsp3) is 0.462. The number of amides is 1. The lowest BCUT2D eigenvalue weighted by Crippen LogP contribution is -2.37. The van der Waals surface area contributed by atoms with Gasteiger partial charge in [-0.05, 0) is 44.4 Å². The molecule has 1 fully saturated rings. The Morgan fingerprint density at radius 2 is 2.10 bits per heavy atom. The molecule has 1 aromatic rings. The van der Waals surface area contributed by atoms with Crippen LogP contribution in [0.3, 0.4) is 0 Å². The van der Waals surface area contributed by atoms with Crippen LogP contribution in [0, 0.1) is 6.92 Å². The standard InChI is InChI=1S/C13H15BrClNO4S/c1-7-5-9(14)6-11(21(15,18)19)12(7)20-8(2)13(17)16-10-3-4-10/h5-6,8,10H,3-4H2,1-2H3,(H,16,17). The highest BCUT2D eigenvalue weighted by atomic mass is 79.9. The van der Waals surface area contributed by atoms with E-state index in [9.17, 15) is 13.2 Å². The summed E-state index contributed by atoms with van der Waals surface area (Å²) in [6.45, 7) is 3.26. The molecule has 0 aliphatic heterocycles. The van der Waals surface area contributed by atoms with Gasteiger partial charge in [0, 0.05) is 21.2 Å². The monoisotopic (exact) mass is 395 g/mol. The van der Waals surface area contributed by atoms with Crippen molar-refractivity contribution in [3.63, 3.8) is 0 Å². The molecule has 1 atom stereocenters. The van der Waals surface area contributed by atoms with Gasteiger partial charge in [-0.1, -0.05) is 15.9 Å². The molecule has 2 rings (SSSR count). The average molecular weight is 397 g/mol. The van der Waals surface area contributed by atoms with Crippen LogP contribution in [0.2, 0.25) is 0 Å². The molecule has 1 saturated carbocycles. The maximum Gasteiger partial charge on any atom is 0.265 e. The Bertz CT molecular complexity index is 673. The Balaban J connectivity index is 2.27. The maximum absolute atomic E-state index is 11.9. The van der Waals surface area contributed by atoms with E-state index in [0.29, 0.717) is 10.0 Å². The van der Waals surface area contributed by atoms with Crippen molar-refractivity contribution >= 4 is 41.6 Å². The van der Waals surface area contributed by atoms with Crippen molar-refractivity contribution in [1.82, 2.24) is 5.32 Å². The largest absolute Gasteiger partial charge is 0.479 e. The lowest BCUT2D eigenvalue weighted by atomic mass is 10.2. The number of hydrogen-bond acceptors (Lipinski definition) is 4. The van der Waals surface area contributed by atoms with Crippen molar-refractivity contribution in [2.24, 2.45) is 0 Å². The number of rotatable bonds is 5. The van der Waals surface area contributed by atoms with Crippen LogP contribution < -0.4 is 10.1 Å². The second-order valence-electron chi connectivity index (χ2n) is 5.03. The summed E-state index contributed by atoms with van der Waals surface area (Å²) in [7, 11) is 1.46. The van der Waals surface area contributed by atoms with Crippen LogP contribution in [0.15, 0.2) is 21.5 Å². The minimum Gasteiger partial charge on any atom is -0.479 e. The minimum absolute atomic E-state index is 0.103. The first kappa shape index (κ1) is 16.6. The topological polar surface area (TPSA) is 72.5 Å². The van der Waals surface area contributed by atoms with Gasteiger partial charge < -0.3 is 10.1 Å². The second kappa shape index (κ2) is 6.14. The molecule has 0 bridgehead atoms.